The second-order valence-electron chi connectivity index (χ2n) is 6.05. The third-order valence-electron chi connectivity index (χ3n) is 4.14. The molecule has 5 heteroatoms. The number of rotatable bonds is 5. The number of carbonyl (C=O) groups excluding carboxylic acids is 2. The third kappa shape index (κ3) is 4.26. The number of benzene rings is 2. The van der Waals surface area contributed by atoms with Crippen LogP contribution in [0.3, 0.4) is 0 Å². The molecular formula is C22H20O5. The average molecular weight is 364 g/mol. The van der Waals surface area contributed by atoms with Crippen molar-refractivity contribution < 1.29 is 23.8 Å². The summed E-state index contributed by atoms with van der Waals surface area (Å²) in [5.41, 5.74) is 3.24. The van der Waals surface area contributed by atoms with E-state index in [2.05, 4.69) is 6.92 Å². The van der Waals surface area contributed by atoms with Crippen LogP contribution in [0.5, 0.6) is 11.5 Å². The Labute approximate surface area is 157 Å². The van der Waals surface area contributed by atoms with Crippen LogP contribution in [-0.4, -0.2) is 19.0 Å². The van der Waals surface area contributed by atoms with Gasteiger partial charge in [0.05, 0.1) is 12.7 Å². The first kappa shape index (κ1) is 18.5. The maximum absolute atomic E-state index is 12.2. The molecule has 3 rings (SSSR count). The Bertz CT molecular complexity index is 936. The van der Waals surface area contributed by atoms with E-state index in [1.54, 1.807) is 30.4 Å². The maximum Gasteiger partial charge on any atom is 0.343 e. The second kappa shape index (κ2) is 7.91. The molecule has 138 valence electrons. The molecule has 0 aliphatic carbocycles. The summed E-state index contributed by atoms with van der Waals surface area (Å²) >= 11 is 0. The summed E-state index contributed by atoms with van der Waals surface area (Å²) in [4.78, 5) is 23.3. The first-order chi connectivity index (χ1) is 13.0. The number of aryl methyl sites for hydroxylation is 1. The Kier molecular flexibility index (Phi) is 5.41. The van der Waals surface area contributed by atoms with E-state index in [1.807, 2.05) is 24.3 Å². The van der Waals surface area contributed by atoms with Gasteiger partial charge in [0.2, 0.25) is 0 Å². The van der Waals surface area contributed by atoms with Crippen molar-refractivity contribution in [2.24, 2.45) is 0 Å². The number of carbonyl (C=O) groups is 2. The molecule has 0 spiro atoms. The highest BCUT2D eigenvalue weighted by atomic mass is 16.6. The molecule has 0 radical (unpaired) electrons. The molecule has 0 aromatic heterocycles. The van der Waals surface area contributed by atoms with Gasteiger partial charge in [-0.1, -0.05) is 37.3 Å². The molecule has 2 aromatic rings. The fraction of sp³-hybridized carbons (Fsp3) is 0.182. The van der Waals surface area contributed by atoms with Crippen molar-refractivity contribution in [2.45, 2.75) is 20.3 Å². The van der Waals surface area contributed by atoms with Crippen LogP contribution >= 0.6 is 0 Å². The molecule has 27 heavy (non-hydrogen) atoms. The summed E-state index contributed by atoms with van der Waals surface area (Å²) in [6, 6.07) is 13.0. The van der Waals surface area contributed by atoms with Crippen molar-refractivity contribution in [1.29, 1.82) is 0 Å². The van der Waals surface area contributed by atoms with E-state index in [0.717, 1.165) is 17.5 Å². The lowest BCUT2D eigenvalue weighted by molar-refractivity contribution is -0.132. The zero-order valence-corrected chi connectivity index (χ0v) is 15.4. The minimum absolute atomic E-state index is 0.327. The van der Waals surface area contributed by atoms with Crippen molar-refractivity contribution in [3.8, 4) is 11.5 Å². The Hall–Kier alpha value is -3.34. The molecule has 0 saturated heterocycles. The Morgan fingerprint density at radius 3 is 2.48 bits per heavy atom. The first-order valence-corrected chi connectivity index (χ1v) is 8.61. The summed E-state index contributed by atoms with van der Waals surface area (Å²) in [7, 11) is 1.49. The molecule has 0 bridgehead atoms. The lowest BCUT2D eigenvalue weighted by Crippen LogP contribution is -2.03. The smallest absolute Gasteiger partial charge is 0.343 e. The van der Waals surface area contributed by atoms with E-state index in [-0.39, 0.29) is 0 Å². The minimum Gasteiger partial charge on any atom is -0.493 e. The quantitative estimate of drug-likeness (QED) is 0.453. The molecule has 1 heterocycles. The highest BCUT2D eigenvalue weighted by Crippen LogP contribution is 2.31. The fourth-order valence-electron chi connectivity index (χ4n) is 2.73. The van der Waals surface area contributed by atoms with Gasteiger partial charge in [-0.05, 0) is 41.8 Å². The van der Waals surface area contributed by atoms with Crippen LogP contribution in [0.25, 0.3) is 11.8 Å². The Morgan fingerprint density at radius 2 is 1.85 bits per heavy atom. The molecule has 2 aromatic carbocycles. The van der Waals surface area contributed by atoms with Crippen LogP contribution < -0.4 is 9.47 Å². The standard InChI is InChI=1S/C22H20O5/c1-4-15-5-8-17(9-6-15)20-13-18(22(24)27-20)11-16-7-10-19(26-14(2)23)21(12-16)25-3/h5-13H,4H2,1-3H3. The summed E-state index contributed by atoms with van der Waals surface area (Å²) in [6.07, 6.45) is 4.38. The van der Waals surface area contributed by atoms with Gasteiger partial charge in [0, 0.05) is 12.5 Å². The van der Waals surface area contributed by atoms with E-state index in [0.29, 0.717) is 22.8 Å². The number of hydrogen-bond donors (Lipinski definition) is 0. The van der Waals surface area contributed by atoms with Gasteiger partial charge in [-0.25, -0.2) is 4.79 Å². The molecule has 0 N–H and O–H groups in total. The number of methoxy groups -OCH3 is 1. The van der Waals surface area contributed by atoms with E-state index in [4.69, 9.17) is 14.2 Å². The molecule has 0 saturated carbocycles. The SMILES string of the molecule is CCc1ccc(C2=CC(=Cc3ccc(OC(C)=O)c(OC)c3)C(=O)O2)cc1. The van der Waals surface area contributed by atoms with Crippen LogP contribution in [0.4, 0.5) is 0 Å². The topological polar surface area (TPSA) is 61.8 Å². The van der Waals surface area contributed by atoms with Gasteiger partial charge in [0.25, 0.3) is 0 Å². The summed E-state index contributed by atoms with van der Waals surface area (Å²) in [5, 5.41) is 0. The molecule has 0 unspecified atom stereocenters. The van der Waals surface area contributed by atoms with Gasteiger partial charge in [-0.3, -0.25) is 4.79 Å². The molecular weight excluding hydrogens is 344 g/mol. The lowest BCUT2D eigenvalue weighted by Gasteiger charge is -2.08. The highest BCUT2D eigenvalue weighted by molar-refractivity contribution is 6.05. The van der Waals surface area contributed by atoms with Crippen molar-refractivity contribution in [2.75, 3.05) is 7.11 Å². The number of ether oxygens (including phenoxy) is 3. The normalized spacial score (nSPS) is 14.7. The zero-order valence-electron chi connectivity index (χ0n) is 15.4. The molecule has 5 nitrogen and oxygen atoms in total. The zero-order chi connectivity index (χ0) is 19.4. The van der Waals surface area contributed by atoms with Crippen molar-refractivity contribution in [1.82, 2.24) is 0 Å². The van der Waals surface area contributed by atoms with Gasteiger partial charge in [0.15, 0.2) is 11.5 Å². The van der Waals surface area contributed by atoms with Crippen molar-refractivity contribution in [3.63, 3.8) is 0 Å². The Balaban J connectivity index is 1.88. The van der Waals surface area contributed by atoms with E-state index in [9.17, 15) is 9.59 Å². The second-order valence-corrected chi connectivity index (χ2v) is 6.05. The predicted molar refractivity (Wildman–Crippen MR) is 102 cm³/mol. The van der Waals surface area contributed by atoms with E-state index in [1.165, 1.54) is 19.6 Å². The molecule has 0 atom stereocenters. The van der Waals surface area contributed by atoms with Gasteiger partial charge in [-0.15, -0.1) is 0 Å². The third-order valence-corrected chi connectivity index (χ3v) is 4.14. The summed E-state index contributed by atoms with van der Waals surface area (Å²) in [5.74, 6) is 0.420. The van der Waals surface area contributed by atoms with Gasteiger partial charge < -0.3 is 14.2 Å². The lowest BCUT2D eigenvalue weighted by atomic mass is 10.1. The predicted octanol–water partition coefficient (Wildman–Crippen LogP) is 4.16. The van der Waals surface area contributed by atoms with E-state index >= 15 is 0 Å². The average Bonchev–Trinajstić information content (AvgIpc) is 3.03. The minimum atomic E-state index is -0.430. The largest absolute Gasteiger partial charge is 0.493 e. The first-order valence-electron chi connectivity index (χ1n) is 8.61. The Morgan fingerprint density at radius 1 is 1.11 bits per heavy atom. The molecule has 1 aliphatic rings. The van der Waals surface area contributed by atoms with E-state index < -0.39 is 11.9 Å². The fourth-order valence-corrected chi connectivity index (χ4v) is 2.73. The van der Waals surface area contributed by atoms with Crippen LogP contribution in [0, 0.1) is 0 Å². The van der Waals surface area contributed by atoms with Gasteiger partial charge >= 0.3 is 11.9 Å². The summed E-state index contributed by atoms with van der Waals surface area (Å²) < 4.78 is 15.7. The van der Waals surface area contributed by atoms with Crippen molar-refractivity contribution >= 4 is 23.8 Å². The molecule has 0 amide bonds. The molecule has 0 fully saturated rings. The van der Waals surface area contributed by atoms with Crippen LogP contribution in [0.15, 0.2) is 54.1 Å². The van der Waals surface area contributed by atoms with Crippen LogP contribution in [0.1, 0.15) is 30.5 Å². The van der Waals surface area contributed by atoms with Gasteiger partial charge in [-0.2, -0.15) is 0 Å². The number of esters is 2. The number of hydrogen-bond acceptors (Lipinski definition) is 5. The van der Waals surface area contributed by atoms with Crippen LogP contribution in [0.2, 0.25) is 0 Å². The van der Waals surface area contributed by atoms with Gasteiger partial charge in [0.1, 0.15) is 5.76 Å². The monoisotopic (exact) mass is 364 g/mol. The highest BCUT2D eigenvalue weighted by Gasteiger charge is 2.22. The van der Waals surface area contributed by atoms with Crippen molar-refractivity contribution in [3.05, 3.63) is 70.8 Å². The maximum atomic E-state index is 12.2. The number of cyclic esters (lactones) is 1. The molecule has 1 aliphatic heterocycles. The summed E-state index contributed by atoms with van der Waals surface area (Å²) in [6.45, 7) is 3.41. The van der Waals surface area contributed by atoms with Crippen LogP contribution in [-0.2, 0) is 20.7 Å².